The zero-order chi connectivity index (χ0) is 22.9. The Labute approximate surface area is 196 Å². The van der Waals surface area contributed by atoms with Crippen LogP contribution in [0.2, 0.25) is 5.02 Å². The van der Waals surface area contributed by atoms with E-state index in [1.54, 1.807) is 24.1 Å². The van der Waals surface area contributed by atoms with Crippen molar-refractivity contribution in [2.45, 2.75) is 12.5 Å². The molecule has 2 heterocycles. The van der Waals surface area contributed by atoms with Gasteiger partial charge in [0.15, 0.2) is 0 Å². The largest absolute Gasteiger partial charge is 0.457 e. The van der Waals surface area contributed by atoms with Crippen LogP contribution in [-0.4, -0.2) is 36.6 Å². The first kappa shape index (κ1) is 21.1. The van der Waals surface area contributed by atoms with Gasteiger partial charge in [-0.05, 0) is 60.0 Å². The van der Waals surface area contributed by atoms with Crippen molar-refractivity contribution in [1.82, 2.24) is 4.90 Å². The van der Waals surface area contributed by atoms with Crippen molar-refractivity contribution in [1.29, 1.82) is 0 Å². The van der Waals surface area contributed by atoms with Crippen molar-refractivity contribution in [3.8, 4) is 11.5 Å². The van der Waals surface area contributed by atoms with Gasteiger partial charge in [-0.15, -0.1) is 0 Å². The summed E-state index contributed by atoms with van der Waals surface area (Å²) in [4.78, 5) is 25.5. The second kappa shape index (κ2) is 8.64. The zero-order valence-electron chi connectivity index (χ0n) is 17.9. The van der Waals surface area contributed by atoms with Gasteiger partial charge in [0.25, 0.3) is 5.91 Å². The second-order valence-electron chi connectivity index (χ2n) is 8.03. The minimum Gasteiger partial charge on any atom is -0.457 e. The highest BCUT2D eigenvalue weighted by Gasteiger charge is 2.29. The second-order valence-corrected chi connectivity index (χ2v) is 8.44. The first-order valence-corrected chi connectivity index (χ1v) is 10.9. The lowest BCUT2D eigenvalue weighted by molar-refractivity contribution is -0.110. The number of cyclic esters (lactones) is 1. The summed E-state index contributed by atoms with van der Waals surface area (Å²) in [7, 11) is 1.75. The third-order valence-corrected chi connectivity index (χ3v) is 6.17. The number of carbonyl (C=O) groups excluding carboxylic acids is 2. The van der Waals surface area contributed by atoms with Crippen LogP contribution in [0.1, 0.15) is 16.7 Å². The minimum absolute atomic E-state index is 0.0404. The van der Waals surface area contributed by atoms with Crippen LogP contribution in [-0.2, 0) is 16.0 Å². The summed E-state index contributed by atoms with van der Waals surface area (Å²) in [5, 5.41) is 3.35. The third-order valence-electron chi connectivity index (χ3n) is 5.85. The molecule has 1 saturated heterocycles. The fourth-order valence-corrected chi connectivity index (χ4v) is 4.18. The number of ether oxygens (including phenoxy) is 2. The van der Waals surface area contributed by atoms with Crippen LogP contribution in [0.25, 0.3) is 11.6 Å². The van der Waals surface area contributed by atoms with E-state index in [0.717, 1.165) is 22.4 Å². The minimum atomic E-state index is -0.284. The van der Waals surface area contributed by atoms with E-state index in [9.17, 15) is 9.59 Å². The van der Waals surface area contributed by atoms with Crippen LogP contribution >= 0.6 is 11.6 Å². The molecule has 0 bridgehead atoms. The number of amides is 2. The number of carbonyl (C=O) groups is 2. The summed E-state index contributed by atoms with van der Waals surface area (Å²) < 4.78 is 11.0. The van der Waals surface area contributed by atoms with E-state index in [-0.39, 0.29) is 18.0 Å². The molecule has 2 aliphatic rings. The van der Waals surface area contributed by atoms with Crippen molar-refractivity contribution in [2.24, 2.45) is 0 Å². The number of para-hydroxylation sites is 1. The van der Waals surface area contributed by atoms with Crippen LogP contribution in [0, 0.1) is 0 Å². The molecule has 1 unspecified atom stereocenters. The van der Waals surface area contributed by atoms with Gasteiger partial charge in [0.2, 0.25) is 0 Å². The third kappa shape index (κ3) is 4.30. The molecule has 3 aromatic rings. The fraction of sp³-hybridized carbons (Fsp3) is 0.154. The van der Waals surface area contributed by atoms with Crippen molar-refractivity contribution >= 4 is 40.9 Å². The lowest BCUT2D eigenvalue weighted by Gasteiger charge is -2.16. The van der Waals surface area contributed by atoms with Gasteiger partial charge in [0, 0.05) is 23.9 Å². The van der Waals surface area contributed by atoms with Gasteiger partial charge in [-0.3, -0.25) is 4.79 Å². The highest BCUT2D eigenvalue weighted by molar-refractivity contribution is 6.37. The topological polar surface area (TPSA) is 67.9 Å². The molecule has 5 rings (SSSR count). The maximum Gasteiger partial charge on any atom is 0.409 e. The van der Waals surface area contributed by atoms with Gasteiger partial charge in [-0.25, -0.2) is 4.79 Å². The number of nitrogens with one attached hydrogen (secondary N) is 1. The summed E-state index contributed by atoms with van der Waals surface area (Å²) in [5.74, 6) is 1.13. The highest BCUT2D eigenvalue weighted by Crippen LogP contribution is 2.35. The molecule has 3 aromatic carbocycles. The summed E-state index contributed by atoms with van der Waals surface area (Å²) in [6.45, 7) is 0.405. The molecule has 33 heavy (non-hydrogen) atoms. The average Bonchev–Trinajstić information content (AvgIpc) is 3.30. The number of hydrogen-bond donors (Lipinski definition) is 1. The molecule has 2 aliphatic heterocycles. The van der Waals surface area contributed by atoms with Crippen LogP contribution in [0.5, 0.6) is 11.5 Å². The van der Waals surface area contributed by atoms with E-state index < -0.39 is 0 Å². The summed E-state index contributed by atoms with van der Waals surface area (Å²) in [5.41, 5.74) is 4.06. The Morgan fingerprint density at radius 1 is 1.09 bits per heavy atom. The normalized spacial score (nSPS) is 18.3. The molecule has 0 aromatic heterocycles. The number of benzene rings is 3. The maximum absolute atomic E-state index is 12.4. The Morgan fingerprint density at radius 2 is 1.85 bits per heavy atom. The first-order valence-electron chi connectivity index (χ1n) is 10.6. The van der Waals surface area contributed by atoms with Crippen LogP contribution in [0.4, 0.5) is 10.5 Å². The maximum atomic E-state index is 12.4. The lowest BCUT2D eigenvalue weighted by Crippen LogP contribution is -2.30. The van der Waals surface area contributed by atoms with Crippen molar-refractivity contribution in [3.05, 3.63) is 88.4 Å². The van der Waals surface area contributed by atoms with E-state index in [1.807, 2.05) is 60.7 Å². The fourth-order valence-electron chi connectivity index (χ4n) is 3.95. The average molecular weight is 461 g/mol. The van der Waals surface area contributed by atoms with Crippen LogP contribution in [0.15, 0.2) is 66.7 Å². The molecule has 0 spiro atoms. The predicted molar refractivity (Wildman–Crippen MR) is 128 cm³/mol. The molecular formula is C26H21ClN2O4. The summed E-state index contributed by atoms with van der Waals surface area (Å²) in [6, 6.07) is 20.7. The highest BCUT2D eigenvalue weighted by atomic mass is 35.5. The van der Waals surface area contributed by atoms with Gasteiger partial charge in [0.05, 0.1) is 11.1 Å². The molecule has 2 amide bonds. The van der Waals surface area contributed by atoms with Gasteiger partial charge >= 0.3 is 6.09 Å². The van der Waals surface area contributed by atoms with E-state index >= 15 is 0 Å². The molecular weight excluding hydrogens is 440 g/mol. The molecule has 0 aliphatic carbocycles. The Bertz CT molecular complexity index is 1270. The standard InChI is InChI=1S/C26H21ClN2O4/c1-29-18(15-32-26(29)31)12-16-6-9-19(10-7-16)33-20-11-8-17(23(27)14-20)13-22-21-4-2-3-5-24(21)28-25(22)30/h2-11,13-14,18H,12,15H2,1H3,(H,28,30)/b22-13+. The number of hydrogen-bond acceptors (Lipinski definition) is 4. The Kier molecular flexibility index (Phi) is 5.52. The van der Waals surface area contributed by atoms with Crippen molar-refractivity contribution in [3.63, 3.8) is 0 Å². The first-order chi connectivity index (χ1) is 16.0. The molecule has 7 heteroatoms. The number of rotatable bonds is 5. The summed E-state index contributed by atoms with van der Waals surface area (Å²) in [6.07, 6.45) is 2.22. The zero-order valence-corrected chi connectivity index (χ0v) is 18.6. The number of halogens is 1. The van der Waals surface area contributed by atoms with E-state index in [2.05, 4.69) is 5.32 Å². The number of anilines is 1. The predicted octanol–water partition coefficient (Wildman–Crippen LogP) is 5.62. The van der Waals surface area contributed by atoms with Crippen LogP contribution in [0.3, 0.4) is 0 Å². The van der Waals surface area contributed by atoms with E-state index in [1.165, 1.54) is 0 Å². The molecule has 1 fully saturated rings. The quantitative estimate of drug-likeness (QED) is 0.502. The smallest absolute Gasteiger partial charge is 0.409 e. The van der Waals surface area contributed by atoms with Crippen LogP contribution < -0.4 is 10.1 Å². The monoisotopic (exact) mass is 460 g/mol. The molecule has 6 nitrogen and oxygen atoms in total. The SMILES string of the molecule is CN1C(=O)OCC1Cc1ccc(Oc2ccc(/C=C3/C(=O)Nc4ccccc43)c(Cl)c2)cc1. The summed E-state index contributed by atoms with van der Waals surface area (Å²) >= 11 is 6.49. The van der Waals surface area contributed by atoms with Gasteiger partial charge in [-0.1, -0.05) is 41.9 Å². The number of nitrogens with zero attached hydrogens (tertiary/aromatic N) is 1. The molecule has 166 valence electrons. The molecule has 0 radical (unpaired) electrons. The lowest BCUT2D eigenvalue weighted by atomic mass is 10.0. The van der Waals surface area contributed by atoms with Gasteiger partial charge in [0.1, 0.15) is 18.1 Å². The molecule has 1 N–H and O–H groups in total. The van der Waals surface area contributed by atoms with Crippen molar-refractivity contribution < 1.29 is 19.1 Å². The number of fused-ring (bicyclic) bond motifs is 1. The van der Waals surface area contributed by atoms with Gasteiger partial charge in [-0.2, -0.15) is 0 Å². The van der Waals surface area contributed by atoms with E-state index in [4.69, 9.17) is 21.1 Å². The Balaban J connectivity index is 1.28. The Morgan fingerprint density at radius 3 is 2.58 bits per heavy atom. The molecule has 1 atom stereocenters. The van der Waals surface area contributed by atoms with E-state index in [0.29, 0.717) is 35.1 Å². The Hall–Kier alpha value is -3.77. The molecule has 0 saturated carbocycles. The number of likely N-dealkylation sites (N-methyl/N-ethyl adjacent to an activating group) is 1. The van der Waals surface area contributed by atoms with Crippen molar-refractivity contribution in [2.75, 3.05) is 19.0 Å². The van der Waals surface area contributed by atoms with Gasteiger partial charge < -0.3 is 19.7 Å².